The van der Waals surface area contributed by atoms with Gasteiger partial charge in [0.25, 0.3) is 5.91 Å². The minimum Gasteiger partial charge on any atom is -0.456 e. The van der Waals surface area contributed by atoms with Crippen LogP contribution in [0.15, 0.2) is 58.1 Å². The van der Waals surface area contributed by atoms with E-state index in [1.807, 2.05) is 0 Å². The van der Waals surface area contributed by atoms with Crippen molar-refractivity contribution in [3.05, 3.63) is 48.8 Å². The first-order valence-corrected chi connectivity index (χ1v) is 11.7. The molecule has 0 radical (unpaired) electrons. The largest absolute Gasteiger partial charge is 0.456 e. The molecule has 1 fully saturated rings. The molecular formula is C20H21N3O5S2. The predicted octanol–water partition coefficient (Wildman–Crippen LogP) is 2.88. The number of benzene rings is 1. The van der Waals surface area contributed by atoms with Gasteiger partial charge in [0.15, 0.2) is 0 Å². The Balaban J connectivity index is 1.75. The van der Waals surface area contributed by atoms with Crippen molar-refractivity contribution in [2.75, 3.05) is 12.3 Å². The van der Waals surface area contributed by atoms with E-state index in [2.05, 4.69) is 4.98 Å². The van der Waals surface area contributed by atoms with Crippen molar-refractivity contribution in [1.82, 2.24) is 14.8 Å². The average Bonchev–Trinajstić information content (AvgIpc) is 3.16. The summed E-state index contributed by atoms with van der Waals surface area (Å²) < 4.78 is 33.2. The van der Waals surface area contributed by atoms with Gasteiger partial charge in [0.2, 0.25) is 10.0 Å². The van der Waals surface area contributed by atoms with E-state index in [9.17, 15) is 18.4 Å². The molecular weight excluding hydrogens is 426 g/mol. The van der Waals surface area contributed by atoms with Gasteiger partial charge in [-0.25, -0.2) is 13.9 Å². The van der Waals surface area contributed by atoms with E-state index in [4.69, 9.17) is 4.42 Å². The molecule has 1 amide bonds. The molecule has 1 aromatic carbocycles. The molecule has 0 saturated carbocycles. The lowest BCUT2D eigenvalue weighted by Gasteiger charge is -2.43. The Hall–Kier alpha value is -2.40. The van der Waals surface area contributed by atoms with Gasteiger partial charge < -0.3 is 4.42 Å². The van der Waals surface area contributed by atoms with Gasteiger partial charge in [0.1, 0.15) is 17.4 Å². The van der Waals surface area contributed by atoms with Gasteiger partial charge in [0, 0.05) is 40.4 Å². The summed E-state index contributed by atoms with van der Waals surface area (Å²) in [6, 6.07) is 8.97. The lowest BCUT2D eigenvalue weighted by atomic mass is 10.0. The van der Waals surface area contributed by atoms with Gasteiger partial charge in [-0.05, 0) is 50.2 Å². The van der Waals surface area contributed by atoms with Crippen molar-refractivity contribution in [3.8, 4) is 11.3 Å². The molecule has 3 aromatic rings. The number of hydrogen-bond acceptors (Lipinski definition) is 7. The maximum atomic E-state index is 13.4. The molecule has 0 bridgehead atoms. The second kappa shape index (κ2) is 7.69. The normalized spacial score (nSPS) is 19.6. The topological polar surface area (TPSA) is 113 Å². The maximum absolute atomic E-state index is 13.4. The lowest BCUT2D eigenvalue weighted by molar-refractivity contribution is -0.134. The van der Waals surface area contributed by atoms with Crippen molar-refractivity contribution in [2.45, 2.75) is 29.5 Å². The Morgan fingerprint density at radius 2 is 2.00 bits per heavy atom. The number of aromatic nitrogens is 1. The van der Waals surface area contributed by atoms with E-state index in [-0.39, 0.29) is 11.4 Å². The SMILES string of the molecule is CC1(C)SCCN(S(=O)(=O)c2ccc3oc(-c4ccncc4)cc3c2)[C@H]1C(=O)NO. The van der Waals surface area contributed by atoms with Crippen LogP contribution in [0.1, 0.15) is 13.8 Å². The van der Waals surface area contributed by atoms with Crippen LogP contribution in [0.25, 0.3) is 22.3 Å². The van der Waals surface area contributed by atoms with Crippen molar-refractivity contribution in [2.24, 2.45) is 0 Å². The number of rotatable bonds is 4. The number of thioether (sulfide) groups is 1. The van der Waals surface area contributed by atoms with E-state index in [0.717, 1.165) is 5.56 Å². The van der Waals surface area contributed by atoms with Crippen molar-refractivity contribution < 1.29 is 22.8 Å². The summed E-state index contributed by atoms with van der Waals surface area (Å²) in [6.07, 6.45) is 3.31. The number of sulfonamides is 1. The second-order valence-corrected chi connectivity index (χ2v) is 11.1. The van der Waals surface area contributed by atoms with Crippen LogP contribution in [-0.2, 0) is 14.8 Å². The lowest BCUT2D eigenvalue weighted by Crippen LogP contribution is -2.61. The van der Waals surface area contributed by atoms with Crippen molar-refractivity contribution in [3.63, 3.8) is 0 Å². The molecule has 2 N–H and O–H groups in total. The van der Waals surface area contributed by atoms with Crippen LogP contribution >= 0.6 is 11.8 Å². The third-order valence-electron chi connectivity index (χ3n) is 5.15. The molecule has 4 rings (SSSR count). The first-order chi connectivity index (χ1) is 14.2. The quantitative estimate of drug-likeness (QED) is 0.467. The predicted molar refractivity (Wildman–Crippen MR) is 114 cm³/mol. The van der Waals surface area contributed by atoms with E-state index >= 15 is 0 Å². The number of carbonyl (C=O) groups excluding carboxylic acids is 1. The van der Waals surface area contributed by atoms with E-state index < -0.39 is 26.7 Å². The number of nitrogens with one attached hydrogen (secondary N) is 1. The molecule has 0 spiro atoms. The molecule has 10 heteroatoms. The van der Waals surface area contributed by atoms with Crippen LogP contribution in [0.5, 0.6) is 0 Å². The number of pyridine rings is 1. The number of fused-ring (bicyclic) bond motifs is 1. The molecule has 0 aliphatic carbocycles. The molecule has 0 unspecified atom stereocenters. The van der Waals surface area contributed by atoms with Gasteiger partial charge in [-0.1, -0.05) is 0 Å². The Labute approximate surface area is 178 Å². The van der Waals surface area contributed by atoms with Gasteiger partial charge in [-0.3, -0.25) is 15.0 Å². The zero-order valence-corrected chi connectivity index (χ0v) is 18.0. The molecule has 1 aliphatic rings. The molecule has 30 heavy (non-hydrogen) atoms. The van der Waals surface area contributed by atoms with Crippen LogP contribution in [0.4, 0.5) is 0 Å². The summed E-state index contributed by atoms with van der Waals surface area (Å²) in [4.78, 5) is 16.4. The highest BCUT2D eigenvalue weighted by atomic mass is 32.2. The zero-order valence-electron chi connectivity index (χ0n) is 16.4. The summed E-state index contributed by atoms with van der Waals surface area (Å²) in [5.74, 6) is 0.400. The standard InChI is InChI=1S/C20H21N3O5S2/c1-20(2)18(19(24)22-25)23(9-10-29-20)30(26,27)15-3-4-16-14(11-15)12-17(28-16)13-5-7-21-8-6-13/h3-8,11-12,18,25H,9-10H2,1-2H3,(H,22,24)/t18-/m0/s1. The fourth-order valence-electron chi connectivity index (χ4n) is 3.70. The number of hydrogen-bond donors (Lipinski definition) is 2. The first-order valence-electron chi connectivity index (χ1n) is 9.28. The Kier molecular flexibility index (Phi) is 5.35. The molecule has 8 nitrogen and oxygen atoms in total. The summed E-state index contributed by atoms with van der Waals surface area (Å²) in [5, 5.41) is 9.81. The minimum absolute atomic E-state index is 0.0653. The van der Waals surface area contributed by atoms with Crippen LogP contribution in [-0.4, -0.2) is 51.9 Å². The summed E-state index contributed by atoms with van der Waals surface area (Å²) in [5.41, 5.74) is 3.01. The highest BCUT2D eigenvalue weighted by Gasteiger charge is 2.48. The summed E-state index contributed by atoms with van der Waals surface area (Å²) in [6.45, 7) is 3.75. The monoisotopic (exact) mass is 447 g/mol. The molecule has 158 valence electrons. The Morgan fingerprint density at radius 1 is 1.27 bits per heavy atom. The van der Waals surface area contributed by atoms with Gasteiger partial charge in [-0.15, -0.1) is 0 Å². The van der Waals surface area contributed by atoms with Crippen LogP contribution in [0, 0.1) is 0 Å². The minimum atomic E-state index is -3.99. The second-order valence-electron chi connectivity index (χ2n) is 7.49. The van der Waals surface area contributed by atoms with Crippen molar-refractivity contribution >= 4 is 38.7 Å². The average molecular weight is 448 g/mol. The number of hydroxylamine groups is 1. The van der Waals surface area contributed by atoms with Crippen molar-refractivity contribution in [1.29, 1.82) is 0 Å². The molecule has 3 heterocycles. The summed E-state index contributed by atoms with van der Waals surface area (Å²) in [7, 11) is -3.99. The van der Waals surface area contributed by atoms with Gasteiger partial charge in [0.05, 0.1) is 4.90 Å². The highest BCUT2D eigenvalue weighted by Crippen LogP contribution is 2.39. The molecule has 2 aromatic heterocycles. The van der Waals surface area contributed by atoms with Crippen LogP contribution in [0.2, 0.25) is 0 Å². The fourth-order valence-corrected chi connectivity index (χ4v) is 6.84. The number of nitrogens with zero attached hydrogens (tertiary/aromatic N) is 2. The Bertz CT molecular complexity index is 1190. The smallest absolute Gasteiger partial charge is 0.263 e. The van der Waals surface area contributed by atoms with E-state index in [0.29, 0.717) is 22.5 Å². The number of carbonyl (C=O) groups is 1. The van der Waals surface area contributed by atoms with Gasteiger partial charge in [-0.2, -0.15) is 16.1 Å². The summed E-state index contributed by atoms with van der Waals surface area (Å²) >= 11 is 1.49. The fraction of sp³-hybridized carbons (Fsp3) is 0.300. The van der Waals surface area contributed by atoms with Crippen LogP contribution in [0.3, 0.4) is 0 Å². The third-order valence-corrected chi connectivity index (χ3v) is 8.36. The molecule has 1 aliphatic heterocycles. The maximum Gasteiger partial charge on any atom is 0.263 e. The molecule has 1 atom stereocenters. The Morgan fingerprint density at radius 3 is 2.70 bits per heavy atom. The third kappa shape index (κ3) is 3.60. The van der Waals surface area contributed by atoms with E-state index in [1.165, 1.54) is 22.1 Å². The number of amides is 1. The highest BCUT2D eigenvalue weighted by molar-refractivity contribution is 8.00. The van der Waals surface area contributed by atoms with E-state index in [1.54, 1.807) is 62.1 Å². The number of furan rings is 1. The van der Waals surface area contributed by atoms with Gasteiger partial charge >= 0.3 is 0 Å². The first kappa shape index (κ1) is 20.9. The molecule has 1 saturated heterocycles. The zero-order chi connectivity index (χ0) is 21.5. The van der Waals surface area contributed by atoms with Crippen LogP contribution < -0.4 is 5.48 Å².